The third kappa shape index (κ3) is 7.68. The molecule has 69 heavy (non-hydrogen) atoms. The van der Waals surface area contributed by atoms with E-state index in [9.17, 15) is 0 Å². The van der Waals surface area contributed by atoms with Gasteiger partial charge >= 0.3 is 0 Å². The molecular formula is C62H49N4O2Pt-3. The van der Waals surface area contributed by atoms with Crippen LogP contribution in [0.1, 0.15) is 52.7 Å². The van der Waals surface area contributed by atoms with Crippen molar-refractivity contribution in [2.24, 2.45) is 0 Å². The summed E-state index contributed by atoms with van der Waals surface area (Å²) in [5, 5.41) is 2.18. The quantitative estimate of drug-likeness (QED) is 0.153. The number of anilines is 4. The Morgan fingerprint density at radius 1 is 0.507 bits per heavy atom. The van der Waals surface area contributed by atoms with Gasteiger partial charge < -0.3 is 23.8 Å². The second-order valence-corrected chi connectivity index (χ2v) is 19.7. The predicted octanol–water partition coefficient (Wildman–Crippen LogP) is 16.7. The van der Waals surface area contributed by atoms with Gasteiger partial charge in [0.05, 0.1) is 0 Å². The number of pyridine rings is 1. The number of rotatable bonds is 1. The van der Waals surface area contributed by atoms with Crippen LogP contribution in [0.5, 0.6) is 23.0 Å². The monoisotopic (exact) mass is 1080 g/mol. The molecule has 0 saturated carbocycles. The van der Waals surface area contributed by atoms with Crippen LogP contribution >= 0.6 is 0 Å². The molecule has 0 radical (unpaired) electrons. The van der Waals surface area contributed by atoms with Crippen LogP contribution in [0, 0.1) is 18.8 Å². The molecule has 2 aromatic heterocycles. The minimum absolute atomic E-state index is 0. The minimum atomic E-state index is -0.264. The Labute approximate surface area is 418 Å². The Morgan fingerprint density at radius 3 is 1.91 bits per heavy atom. The van der Waals surface area contributed by atoms with Crippen molar-refractivity contribution in [1.82, 2.24) is 9.55 Å². The Bertz CT molecular complexity index is 3620. The maximum absolute atomic E-state index is 7.25. The van der Waals surface area contributed by atoms with Gasteiger partial charge in [-0.15, -0.1) is 48.1 Å². The average molecular weight is 1080 g/mol. The standard InChI is InChI=1S/C62H49N4O2.Pt/c1-61(2,3)41-19-15-18-40(34-41)45-25-17-26-50-48-23-8-13-30-57(48)68-58-31-14-9-24-49(58)51-38-63-59(37-52(51)62(4,5)6)66-53-27-10-7-22-46(53)47-33-32-44(36-56(47)66)67-43-21-16-20-42(35-43)64-39-65(60(45)50)55-29-12-11-28-54(55)64;/h7-34,37-39H,1-6H3;/q-3;. The van der Waals surface area contributed by atoms with Crippen molar-refractivity contribution in [3.05, 3.63) is 212 Å². The van der Waals surface area contributed by atoms with Crippen molar-refractivity contribution in [2.45, 2.75) is 52.4 Å². The number of aromatic nitrogens is 2. The molecule has 0 atom stereocenters. The fraction of sp³-hybridized carbons (Fsp3) is 0.129. The predicted molar refractivity (Wildman–Crippen MR) is 278 cm³/mol. The number of nitrogens with zero attached hydrogens (tertiary/aromatic N) is 4. The molecule has 0 saturated heterocycles. The number of ether oxygens (including phenoxy) is 2. The second kappa shape index (κ2) is 17.0. The first-order valence-corrected chi connectivity index (χ1v) is 23.3. The topological polar surface area (TPSA) is 42.8 Å². The molecule has 0 N–H and O–H groups in total. The Morgan fingerprint density at radius 2 is 1.14 bits per heavy atom. The largest absolute Gasteiger partial charge is 0.509 e. The molecule has 8 aromatic carbocycles. The molecule has 0 amide bonds. The summed E-state index contributed by atoms with van der Waals surface area (Å²) >= 11 is 0. The summed E-state index contributed by atoms with van der Waals surface area (Å²) in [5.41, 5.74) is 14.1. The van der Waals surface area contributed by atoms with Crippen LogP contribution < -0.4 is 19.3 Å². The molecule has 5 heterocycles. The third-order valence-electron chi connectivity index (χ3n) is 13.2. The van der Waals surface area contributed by atoms with Crippen molar-refractivity contribution < 1.29 is 30.5 Å². The Balaban J connectivity index is 0.00000520. The van der Waals surface area contributed by atoms with E-state index in [1.165, 1.54) is 5.56 Å². The zero-order valence-corrected chi connectivity index (χ0v) is 41.6. The molecule has 6 nitrogen and oxygen atoms in total. The molecule has 7 heteroatoms. The van der Waals surface area contributed by atoms with E-state index >= 15 is 0 Å². The van der Waals surface area contributed by atoms with Crippen LogP contribution in [0.15, 0.2) is 182 Å². The summed E-state index contributed by atoms with van der Waals surface area (Å²) < 4.78 is 16.2. The van der Waals surface area contributed by atoms with Gasteiger partial charge in [-0.3, -0.25) is 0 Å². The van der Waals surface area contributed by atoms with E-state index in [1.807, 2.05) is 30.5 Å². The van der Waals surface area contributed by atoms with E-state index in [4.69, 9.17) is 14.5 Å². The molecule has 13 rings (SSSR count). The Kier molecular flexibility index (Phi) is 10.9. The molecule has 0 fully saturated rings. The van der Waals surface area contributed by atoms with Crippen LogP contribution in [0.4, 0.5) is 22.7 Å². The van der Waals surface area contributed by atoms with Crippen molar-refractivity contribution >= 4 is 44.6 Å². The van der Waals surface area contributed by atoms with E-state index in [-0.39, 0.29) is 31.9 Å². The summed E-state index contributed by atoms with van der Waals surface area (Å²) in [6.45, 7) is 15.8. The van der Waals surface area contributed by atoms with E-state index in [2.05, 4.69) is 226 Å². The van der Waals surface area contributed by atoms with Gasteiger partial charge in [0.25, 0.3) is 0 Å². The van der Waals surface area contributed by atoms with Gasteiger partial charge in [-0.25, -0.2) is 4.98 Å². The normalized spacial score (nSPS) is 13.1. The van der Waals surface area contributed by atoms with Gasteiger partial charge in [0.15, 0.2) is 0 Å². The smallest absolute Gasteiger partial charge is 0.135 e. The molecule has 342 valence electrons. The minimum Gasteiger partial charge on any atom is -0.509 e. The molecule has 10 aromatic rings. The van der Waals surface area contributed by atoms with Crippen LogP contribution in [0.3, 0.4) is 0 Å². The summed E-state index contributed by atoms with van der Waals surface area (Å²) in [6.07, 6.45) is 2.01. The van der Waals surface area contributed by atoms with Crippen LogP contribution in [-0.4, -0.2) is 9.55 Å². The van der Waals surface area contributed by atoms with E-state index in [0.717, 1.165) is 101 Å². The summed E-state index contributed by atoms with van der Waals surface area (Å²) in [4.78, 5) is 9.79. The number of hydrogen-bond donors (Lipinski definition) is 0. The first-order chi connectivity index (χ1) is 33.0. The maximum Gasteiger partial charge on any atom is 0.135 e. The SMILES string of the molecule is CC(C)(C)c1cccc(-c2cccc3c2N2[CH-]N(c4[c-]c(ccc4)Oc4[c-]c5c(cc4)c4ccccc4n5-c4cc(C(C)(C)C)c(cn4)-c4ccccc4Oc4ccccc4-3)c3ccccc32)c1.[Pt]. The summed E-state index contributed by atoms with van der Waals surface area (Å²) in [7, 11) is 0. The zero-order valence-electron chi connectivity index (χ0n) is 39.3. The van der Waals surface area contributed by atoms with Crippen LogP contribution in [0.25, 0.3) is 61.0 Å². The van der Waals surface area contributed by atoms with Crippen LogP contribution in [-0.2, 0) is 31.9 Å². The molecule has 8 bridgehead atoms. The van der Waals surface area contributed by atoms with Gasteiger partial charge in [0.1, 0.15) is 17.3 Å². The molecule has 0 unspecified atom stereocenters. The molecule has 0 aliphatic carbocycles. The fourth-order valence-corrected chi connectivity index (χ4v) is 9.89. The van der Waals surface area contributed by atoms with Crippen molar-refractivity contribution in [1.29, 1.82) is 0 Å². The number of para-hydroxylation sites is 6. The maximum atomic E-state index is 7.25. The summed E-state index contributed by atoms with van der Waals surface area (Å²) in [5.74, 6) is 3.44. The Hall–Kier alpha value is -7.40. The van der Waals surface area contributed by atoms with E-state index < -0.39 is 0 Å². The van der Waals surface area contributed by atoms with Crippen LogP contribution in [0.2, 0.25) is 0 Å². The molecule has 3 aliphatic rings. The van der Waals surface area contributed by atoms with Crippen molar-refractivity contribution in [2.75, 3.05) is 9.80 Å². The van der Waals surface area contributed by atoms with Gasteiger partial charge in [-0.05, 0) is 69.3 Å². The summed E-state index contributed by atoms with van der Waals surface area (Å²) in [6, 6.07) is 69.0. The average Bonchev–Trinajstić information content (AvgIpc) is 3.89. The van der Waals surface area contributed by atoms with Gasteiger partial charge in [0, 0.05) is 89.2 Å². The zero-order chi connectivity index (χ0) is 46.3. The fourth-order valence-electron chi connectivity index (χ4n) is 9.89. The number of hydrogen-bond acceptors (Lipinski definition) is 5. The molecule has 3 aliphatic heterocycles. The van der Waals surface area contributed by atoms with E-state index in [0.29, 0.717) is 11.5 Å². The van der Waals surface area contributed by atoms with Crippen molar-refractivity contribution in [3.63, 3.8) is 0 Å². The molecule has 0 spiro atoms. The van der Waals surface area contributed by atoms with Gasteiger partial charge in [-0.2, -0.15) is 12.1 Å². The van der Waals surface area contributed by atoms with Gasteiger partial charge in [0.2, 0.25) is 0 Å². The van der Waals surface area contributed by atoms with E-state index in [1.54, 1.807) is 0 Å². The first-order valence-electron chi connectivity index (χ1n) is 23.3. The third-order valence-corrected chi connectivity index (χ3v) is 13.2. The molecular weight excluding hydrogens is 1030 g/mol. The van der Waals surface area contributed by atoms with Gasteiger partial charge in [-0.1, -0.05) is 156 Å². The first kappa shape index (κ1) is 44.1. The second-order valence-electron chi connectivity index (χ2n) is 19.7. The number of fused-ring (bicyclic) bond motifs is 5. The van der Waals surface area contributed by atoms with Crippen molar-refractivity contribution in [3.8, 4) is 62.2 Å². The number of benzene rings is 8.